The molecule has 1 atom stereocenters. The van der Waals surface area contributed by atoms with Crippen molar-refractivity contribution in [3.63, 3.8) is 0 Å². The SMILES string of the molecule is Cc1c(C)c2c(c(C)c1O)CCC(C)(C(=O)N1CCC(c3ccc(N)cc3)CC1)O2. The number of nitrogens with zero attached hydrogens (tertiary/aromatic N) is 1. The maximum atomic E-state index is 13.5. The lowest BCUT2D eigenvalue weighted by molar-refractivity contribution is -0.149. The molecule has 5 nitrogen and oxygen atoms in total. The van der Waals surface area contributed by atoms with E-state index in [2.05, 4.69) is 12.1 Å². The Balaban J connectivity index is 1.49. The summed E-state index contributed by atoms with van der Waals surface area (Å²) in [5, 5.41) is 10.4. The molecule has 2 aromatic carbocycles. The zero-order valence-corrected chi connectivity index (χ0v) is 18.4. The molecule has 0 aromatic heterocycles. The van der Waals surface area contributed by atoms with Crippen LogP contribution in [0.4, 0.5) is 5.69 Å². The first-order valence-electron chi connectivity index (χ1n) is 10.9. The Labute approximate surface area is 178 Å². The van der Waals surface area contributed by atoms with E-state index in [1.807, 2.05) is 44.7 Å². The number of amides is 1. The van der Waals surface area contributed by atoms with Crippen molar-refractivity contribution >= 4 is 11.6 Å². The number of rotatable bonds is 2. The van der Waals surface area contributed by atoms with Gasteiger partial charge in [-0.2, -0.15) is 0 Å². The summed E-state index contributed by atoms with van der Waals surface area (Å²) in [6.07, 6.45) is 3.26. The van der Waals surface area contributed by atoms with Crippen molar-refractivity contribution in [1.82, 2.24) is 4.90 Å². The Bertz CT molecular complexity index is 975. The minimum Gasteiger partial charge on any atom is -0.507 e. The molecule has 0 spiro atoms. The summed E-state index contributed by atoms with van der Waals surface area (Å²) in [5.41, 5.74) is 10.7. The van der Waals surface area contributed by atoms with Crippen LogP contribution in [0.15, 0.2) is 24.3 Å². The zero-order chi connectivity index (χ0) is 21.6. The van der Waals surface area contributed by atoms with E-state index in [-0.39, 0.29) is 5.91 Å². The third kappa shape index (κ3) is 3.40. The molecule has 1 amide bonds. The molecule has 0 saturated carbocycles. The quantitative estimate of drug-likeness (QED) is 0.723. The van der Waals surface area contributed by atoms with Crippen LogP contribution in [0.3, 0.4) is 0 Å². The maximum Gasteiger partial charge on any atom is 0.266 e. The van der Waals surface area contributed by atoms with Crippen molar-refractivity contribution in [3.8, 4) is 11.5 Å². The highest BCUT2D eigenvalue weighted by Gasteiger charge is 2.43. The van der Waals surface area contributed by atoms with Crippen LogP contribution in [-0.4, -0.2) is 34.6 Å². The van der Waals surface area contributed by atoms with Crippen molar-refractivity contribution in [2.45, 2.75) is 64.9 Å². The van der Waals surface area contributed by atoms with Gasteiger partial charge in [-0.05, 0) is 87.3 Å². The molecule has 2 aliphatic rings. The minimum atomic E-state index is -0.859. The number of hydrogen-bond acceptors (Lipinski definition) is 4. The van der Waals surface area contributed by atoms with Crippen molar-refractivity contribution in [2.75, 3.05) is 18.8 Å². The van der Waals surface area contributed by atoms with Crippen LogP contribution in [0.2, 0.25) is 0 Å². The number of fused-ring (bicyclic) bond motifs is 1. The van der Waals surface area contributed by atoms with Gasteiger partial charge in [0.25, 0.3) is 5.91 Å². The number of nitrogens with two attached hydrogens (primary N) is 1. The van der Waals surface area contributed by atoms with Gasteiger partial charge in [-0.1, -0.05) is 12.1 Å². The van der Waals surface area contributed by atoms with Crippen LogP contribution in [0.25, 0.3) is 0 Å². The lowest BCUT2D eigenvalue weighted by Gasteiger charge is -2.41. The molecular formula is C25H32N2O3. The first-order chi connectivity index (χ1) is 14.2. The fourth-order valence-electron chi connectivity index (χ4n) is 4.92. The second kappa shape index (κ2) is 7.53. The molecule has 5 heteroatoms. The monoisotopic (exact) mass is 408 g/mol. The van der Waals surface area contributed by atoms with E-state index in [0.717, 1.165) is 66.0 Å². The van der Waals surface area contributed by atoms with Gasteiger partial charge in [-0.25, -0.2) is 0 Å². The van der Waals surface area contributed by atoms with E-state index >= 15 is 0 Å². The molecule has 0 aliphatic carbocycles. The van der Waals surface area contributed by atoms with Crippen LogP contribution >= 0.6 is 0 Å². The Hall–Kier alpha value is -2.69. The molecule has 3 N–H and O–H groups in total. The van der Waals surface area contributed by atoms with Gasteiger partial charge in [0.1, 0.15) is 11.5 Å². The summed E-state index contributed by atoms with van der Waals surface area (Å²) in [6.45, 7) is 9.19. The molecule has 2 aliphatic heterocycles. The third-order valence-electron chi connectivity index (χ3n) is 7.16. The topological polar surface area (TPSA) is 75.8 Å². The molecule has 4 rings (SSSR count). The van der Waals surface area contributed by atoms with Gasteiger partial charge in [-0.15, -0.1) is 0 Å². The van der Waals surface area contributed by atoms with E-state index < -0.39 is 5.60 Å². The van der Waals surface area contributed by atoms with Crippen molar-refractivity contribution in [3.05, 3.63) is 52.1 Å². The van der Waals surface area contributed by atoms with Gasteiger partial charge in [0, 0.05) is 30.8 Å². The molecular weight excluding hydrogens is 376 g/mol. The van der Waals surface area contributed by atoms with Gasteiger partial charge < -0.3 is 20.5 Å². The first kappa shape index (κ1) is 20.6. The van der Waals surface area contributed by atoms with Crippen LogP contribution in [0.1, 0.15) is 59.9 Å². The lowest BCUT2D eigenvalue weighted by atomic mass is 9.85. The normalized spacial score (nSPS) is 21.8. The molecule has 30 heavy (non-hydrogen) atoms. The fourth-order valence-corrected chi connectivity index (χ4v) is 4.92. The van der Waals surface area contributed by atoms with E-state index in [4.69, 9.17) is 10.5 Å². The van der Waals surface area contributed by atoms with E-state index in [1.165, 1.54) is 5.56 Å². The van der Waals surface area contributed by atoms with E-state index in [0.29, 0.717) is 18.1 Å². The van der Waals surface area contributed by atoms with Crippen molar-refractivity contribution in [2.24, 2.45) is 0 Å². The Morgan fingerprint density at radius 1 is 1.10 bits per heavy atom. The van der Waals surface area contributed by atoms with Gasteiger partial charge in [0.2, 0.25) is 0 Å². The summed E-state index contributed by atoms with van der Waals surface area (Å²) in [7, 11) is 0. The van der Waals surface area contributed by atoms with Crippen molar-refractivity contribution in [1.29, 1.82) is 0 Å². The van der Waals surface area contributed by atoms with Crippen LogP contribution < -0.4 is 10.5 Å². The van der Waals surface area contributed by atoms with Crippen molar-refractivity contribution < 1.29 is 14.6 Å². The Morgan fingerprint density at radius 2 is 1.73 bits per heavy atom. The van der Waals surface area contributed by atoms with Gasteiger partial charge >= 0.3 is 0 Å². The van der Waals surface area contributed by atoms with Gasteiger partial charge in [-0.3, -0.25) is 4.79 Å². The number of piperidine rings is 1. The largest absolute Gasteiger partial charge is 0.507 e. The summed E-state index contributed by atoms with van der Waals surface area (Å²) in [4.78, 5) is 15.4. The van der Waals surface area contributed by atoms with Gasteiger partial charge in [0.15, 0.2) is 5.60 Å². The number of anilines is 1. The summed E-state index contributed by atoms with van der Waals surface area (Å²) >= 11 is 0. The third-order valence-corrected chi connectivity index (χ3v) is 7.16. The molecule has 1 unspecified atom stereocenters. The van der Waals surface area contributed by atoms with E-state index in [9.17, 15) is 9.90 Å². The summed E-state index contributed by atoms with van der Waals surface area (Å²) in [6, 6.07) is 8.10. The van der Waals surface area contributed by atoms with Gasteiger partial charge in [0.05, 0.1) is 0 Å². The Morgan fingerprint density at radius 3 is 2.37 bits per heavy atom. The van der Waals surface area contributed by atoms with Crippen LogP contribution in [0.5, 0.6) is 11.5 Å². The average Bonchev–Trinajstić information content (AvgIpc) is 2.76. The molecule has 2 aromatic rings. The molecule has 1 saturated heterocycles. The first-order valence-corrected chi connectivity index (χ1v) is 10.9. The standard InChI is InChI=1S/C25H32N2O3/c1-15-16(2)23-21(17(3)22(15)28)9-12-25(4,30-23)24(29)27-13-10-19(11-14-27)18-5-7-20(26)8-6-18/h5-8,19,28H,9-14,26H2,1-4H3. The molecule has 160 valence electrons. The number of carbonyl (C=O) groups excluding carboxylic acids is 1. The summed E-state index contributed by atoms with van der Waals surface area (Å²) < 4.78 is 6.39. The summed E-state index contributed by atoms with van der Waals surface area (Å²) in [5.74, 6) is 1.66. The number of phenols is 1. The maximum absolute atomic E-state index is 13.5. The second-order valence-corrected chi connectivity index (χ2v) is 9.10. The van der Waals surface area contributed by atoms with Crippen LogP contribution in [0, 0.1) is 20.8 Å². The fraction of sp³-hybridized carbons (Fsp3) is 0.480. The highest BCUT2D eigenvalue weighted by molar-refractivity contribution is 5.86. The Kier molecular flexibility index (Phi) is 5.16. The number of ether oxygens (including phenoxy) is 1. The number of benzene rings is 2. The number of likely N-dealkylation sites (tertiary alicyclic amines) is 1. The number of nitrogen functional groups attached to an aromatic ring is 1. The second-order valence-electron chi connectivity index (χ2n) is 9.10. The average molecular weight is 409 g/mol. The molecule has 0 bridgehead atoms. The predicted octanol–water partition coefficient (Wildman–Crippen LogP) is 4.39. The number of phenolic OH excluding ortho intramolecular Hbond substituents is 1. The molecule has 0 radical (unpaired) electrons. The lowest BCUT2D eigenvalue weighted by Crippen LogP contribution is -2.54. The predicted molar refractivity (Wildman–Crippen MR) is 119 cm³/mol. The number of aromatic hydroxyl groups is 1. The molecule has 2 heterocycles. The zero-order valence-electron chi connectivity index (χ0n) is 18.4. The number of hydrogen-bond donors (Lipinski definition) is 2. The molecule has 1 fully saturated rings. The highest BCUT2D eigenvalue weighted by Crippen LogP contribution is 2.44. The smallest absolute Gasteiger partial charge is 0.266 e. The minimum absolute atomic E-state index is 0.0756. The van der Waals surface area contributed by atoms with Crippen LogP contribution in [-0.2, 0) is 11.2 Å². The highest BCUT2D eigenvalue weighted by atomic mass is 16.5. The van der Waals surface area contributed by atoms with E-state index in [1.54, 1.807) is 0 Å². The number of carbonyl (C=O) groups is 1.